The molecule has 0 aliphatic carbocycles. The molecule has 1 amide bonds. The Morgan fingerprint density at radius 1 is 1.30 bits per heavy atom. The molecule has 0 saturated heterocycles. The lowest BCUT2D eigenvalue weighted by molar-refractivity contribution is 0.103. The molecule has 106 valence electrons. The average Bonchev–Trinajstić information content (AvgIpc) is 2.78. The number of hydrogen-bond donors (Lipinski definition) is 1. The van der Waals surface area contributed by atoms with Crippen molar-refractivity contribution < 1.29 is 9.53 Å². The van der Waals surface area contributed by atoms with E-state index in [-0.39, 0.29) is 12.0 Å². The van der Waals surface area contributed by atoms with E-state index in [1.807, 2.05) is 45.0 Å². The van der Waals surface area contributed by atoms with Crippen LogP contribution in [0.1, 0.15) is 29.1 Å². The molecule has 0 unspecified atom stereocenters. The molecule has 1 aromatic heterocycles. The first-order valence-corrected chi connectivity index (χ1v) is 7.90. The Morgan fingerprint density at radius 3 is 2.60 bits per heavy atom. The van der Waals surface area contributed by atoms with Crippen molar-refractivity contribution in [2.75, 3.05) is 5.32 Å². The average molecular weight is 354 g/mol. The van der Waals surface area contributed by atoms with Crippen molar-refractivity contribution in [3.8, 4) is 5.75 Å². The number of thiophene rings is 1. The Morgan fingerprint density at radius 2 is 2.05 bits per heavy atom. The summed E-state index contributed by atoms with van der Waals surface area (Å²) in [5.74, 6) is 0.718. The molecule has 0 fully saturated rings. The van der Waals surface area contributed by atoms with E-state index in [1.165, 1.54) is 11.3 Å². The summed E-state index contributed by atoms with van der Waals surface area (Å²) in [6, 6.07) is 9.34. The maximum absolute atomic E-state index is 12.1. The van der Waals surface area contributed by atoms with Crippen molar-refractivity contribution in [3.05, 3.63) is 44.6 Å². The molecule has 0 atom stereocenters. The molecule has 3 nitrogen and oxygen atoms in total. The highest BCUT2D eigenvalue weighted by Gasteiger charge is 2.10. The van der Waals surface area contributed by atoms with Crippen LogP contribution in [0.5, 0.6) is 5.75 Å². The van der Waals surface area contributed by atoms with Crippen LogP contribution < -0.4 is 10.1 Å². The Balaban J connectivity index is 2.11. The molecule has 1 heterocycles. The summed E-state index contributed by atoms with van der Waals surface area (Å²) in [6.45, 7) is 5.92. The zero-order valence-electron chi connectivity index (χ0n) is 11.6. The van der Waals surface area contributed by atoms with Gasteiger partial charge in [-0.05, 0) is 72.6 Å². The number of anilines is 1. The summed E-state index contributed by atoms with van der Waals surface area (Å²) in [5, 5.41) is 2.92. The summed E-state index contributed by atoms with van der Waals surface area (Å²) < 4.78 is 6.57. The van der Waals surface area contributed by atoms with Gasteiger partial charge in [-0.15, -0.1) is 11.3 Å². The number of halogens is 1. The molecular formula is C15H16BrNO2S. The topological polar surface area (TPSA) is 38.3 Å². The van der Waals surface area contributed by atoms with Gasteiger partial charge in [-0.1, -0.05) is 0 Å². The fourth-order valence-electron chi connectivity index (χ4n) is 1.74. The van der Waals surface area contributed by atoms with Gasteiger partial charge in [0.2, 0.25) is 0 Å². The summed E-state index contributed by atoms with van der Waals surface area (Å²) in [4.78, 5) is 12.8. The van der Waals surface area contributed by atoms with Gasteiger partial charge in [0, 0.05) is 5.69 Å². The van der Waals surface area contributed by atoms with Gasteiger partial charge in [-0.3, -0.25) is 4.79 Å². The predicted octanol–water partition coefficient (Wildman–Crippen LogP) is 4.86. The van der Waals surface area contributed by atoms with E-state index in [2.05, 4.69) is 21.2 Å². The first-order valence-electron chi connectivity index (χ1n) is 6.29. The molecule has 0 aliphatic heterocycles. The van der Waals surface area contributed by atoms with Gasteiger partial charge >= 0.3 is 0 Å². The van der Waals surface area contributed by atoms with Crippen molar-refractivity contribution in [2.24, 2.45) is 0 Å². The maximum atomic E-state index is 12.1. The third-order valence-corrected chi connectivity index (χ3v) is 4.24. The largest absolute Gasteiger partial charge is 0.491 e. The second-order valence-electron chi connectivity index (χ2n) is 4.70. The van der Waals surface area contributed by atoms with E-state index in [4.69, 9.17) is 4.74 Å². The fraction of sp³-hybridized carbons (Fsp3) is 0.267. The van der Waals surface area contributed by atoms with Crippen molar-refractivity contribution in [3.63, 3.8) is 0 Å². The van der Waals surface area contributed by atoms with Gasteiger partial charge in [0.25, 0.3) is 5.91 Å². The number of carbonyl (C=O) groups is 1. The van der Waals surface area contributed by atoms with Crippen LogP contribution in [0.3, 0.4) is 0 Å². The van der Waals surface area contributed by atoms with Crippen molar-refractivity contribution in [1.82, 2.24) is 0 Å². The fourth-order valence-corrected chi connectivity index (χ4v) is 3.02. The zero-order valence-corrected chi connectivity index (χ0v) is 14.0. The molecule has 0 spiro atoms. The lowest BCUT2D eigenvalue weighted by Crippen LogP contribution is -2.11. The zero-order chi connectivity index (χ0) is 14.7. The summed E-state index contributed by atoms with van der Waals surface area (Å²) in [6.07, 6.45) is 0.137. The van der Waals surface area contributed by atoms with Crippen LogP contribution in [0, 0.1) is 6.92 Å². The predicted molar refractivity (Wildman–Crippen MR) is 86.9 cm³/mol. The second-order valence-corrected chi connectivity index (χ2v) is 7.16. The second kappa shape index (κ2) is 6.41. The highest BCUT2D eigenvalue weighted by molar-refractivity contribution is 9.11. The SMILES string of the molecule is Cc1cc(OC(C)C)ccc1NC(=O)c1ccc(Br)s1. The summed E-state index contributed by atoms with van der Waals surface area (Å²) >= 11 is 4.77. The van der Waals surface area contributed by atoms with E-state index >= 15 is 0 Å². The molecule has 2 aromatic rings. The minimum atomic E-state index is -0.0960. The monoisotopic (exact) mass is 353 g/mol. The number of rotatable bonds is 4. The van der Waals surface area contributed by atoms with Gasteiger partial charge in [0.1, 0.15) is 5.75 Å². The van der Waals surface area contributed by atoms with Crippen molar-refractivity contribution in [2.45, 2.75) is 26.9 Å². The third-order valence-electron chi connectivity index (χ3n) is 2.61. The van der Waals surface area contributed by atoms with Crippen LogP contribution in [0.4, 0.5) is 5.69 Å². The number of amides is 1. The number of hydrogen-bond acceptors (Lipinski definition) is 3. The quantitative estimate of drug-likeness (QED) is 0.852. The van der Waals surface area contributed by atoms with E-state index < -0.39 is 0 Å². The van der Waals surface area contributed by atoms with Crippen LogP contribution in [0.25, 0.3) is 0 Å². The smallest absolute Gasteiger partial charge is 0.265 e. The molecule has 2 rings (SSSR count). The molecule has 0 radical (unpaired) electrons. The maximum Gasteiger partial charge on any atom is 0.265 e. The molecule has 0 aliphatic rings. The molecule has 1 N–H and O–H groups in total. The minimum Gasteiger partial charge on any atom is -0.491 e. The van der Waals surface area contributed by atoms with Gasteiger partial charge in [0.15, 0.2) is 0 Å². The lowest BCUT2D eigenvalue weighted by Gasteiger charge is -2.13. The first kappa shape index (κ1) is 15.1. The Bertz CT molecular complexity index is 622. The Kier molecular flexibility index (Phi) is 4.83. The van der Waals surface area contributed by atoms with Gasteiger partial charge in [0.05, 0.1) is 14.8 Å². The van der Waals surface area contributed by atoms with Crippen LogP contribution in [-0.2, 0) is 0 Å². The highest BCUT2D eigenvalue weighted by atomic mass is 79.9. The first-order chi connectivity index (χ1) is 9.45. The van der Waals surface area contributed by atoms with Crippen LogP contribution in [-0.4, -0.2) is 12.0 Å². The lowest BCUT2D eigenvalue weighted by atomic mass is 10.2. The van der Waals surface area contributed by atoms with Gasteiger partial charge < -0.3 is 10.1 Å². The number of ether oxygens (including phenoxy) is 1. The van der Waals surface area contributed by atoms with Crippen LogP contribution >= 0.6 is 27.3 Å². The normalized spacial score (nSPS) is 10.7. The van der Waals surface area contributed by atoms with Crippen LogP contribution in [0.2, 0.25) is 0 Å². The third kappa shape index (κ3) is 3.84. The highest BCUT2D eigenvalue weighted by Crippen LogP contribution is 2.25. The molecule has 5 heteroatoms. The number of benzene rings is 1. The van der Waals surface area contributed by atoms with E-state index in [9.17, 15) is 4.79 Å². The van der Waals surface area contributed by atoms with Crippen molar-refractivity contribution >= 4 is 38.9 Å². The Labute approximate surface area is 131 Å². The number of aryl methyl sites for hydroxylation is 1. The summed E-state index contributed by atoms with van der Waals surface area (Å²) in [7, 11) is 0. The standard InChI is InChI=1S/C15H16BrNO2S/c1-9(2)19-11-4-5-12(10(3)8-11)17-15(18)13-6-7-14(16)20-13/h4-9H,1-3H3,(H,17,18). The van der Waals surface area contributed by atoms with Crippen molar-refractivity contribution in [1.29, 1.82) is 0 Å². The molecular weight excluding hydrogens is 338 g/mol. The molecule has 1 aromatic carbocycles. The Hall–Kier alpha value is -1.33. The molecule has 0 saturated carbocycles. The summed E-state index contributed by atoms with van der Waals surface area (Å²) in [5.41, 5.74) is 1.78. The van der Waals surface area contributed by atoms with Gasteiger partial charge in [-0.25, -0.2) is 0 Å². The van der Waals surface area contributed by atoms with E-state index in [0.717, 1.165) is 20.8 Å². The number of carbonyl (C=O) groups excluding carboxylic acids is 1. The molecule has 0 bridgehead atoms. The van der Waals surface area contributed by atoms with E-state index in [1.54, 1.807) is 6.07 Å². The minimum absolute atomic E-state index is 0.0960. The number of nitrogens with one attached hydrogen (secondary N) is 1. The van der Waals surface area contributed by atoms with Gasteiger partial charge in [-0.2, -0.15) is 0 Å². The van der Waals surface area contributed by atoms with E-state index in [0.29, 0.717) is 4.88 Å². The van der Waals surface area contributed by atoms with Crippen LogP contribution in [0.15, 0.2) is 34.1 Å². The molecule has 20 heavy (non-hydrogen) atoms.